The molecule has 1 aromatic rings. The minimum Gasteiger partial charge on any atom is -0.370 e. The van der Waals surface area contributed by atoms with Crippen LogP contribution in [0.15, 0.2) is 47.7 Å². The van der Waals surface area contributed by atoms with Crippen molar-refractivity contribution in [2.24, 2.45) is 11.8 Å². The number of fused-ring (bicyclic) bond motifs is 1. The Kier molecular flexibility index (Phi) is 9.86. The Hall–Kier alpha value is -1.80. The maximum absolute atomic E-state index is 4.59. The third-order valence-corrected chi connectivity index (χ3v) is 7.51. The molecular formula is C31H48N2. The Labute approximate surface area is 204 Å². The molecule has 1 N–H and O–H groups in total. The number of allylic oxidation sites excluding steroid dienone is 2. The second-order valence-corrected chi connectivity index (χ2v) is 10.8. The van der Waals surface area contributed by atoms with E-state index in [2.05, 4.69) is 75.7 Å². The van der Waals surface area contributed by atoms with Crippen molar-refractivity contribution >= 4 is 0 Å². The van der Waals surface area contributed by atoms with Crippen LogP contribution in [0.1, 0.15) is 88.5 Å². The molecule has 0 spiro atoms. The maximum Gasteiger partial charge on any atom is 0.0426 e. The number of hydrogen-bond donors (Lipinski definition) is 1. The minimum absolute atomic E-state index is 0.420. The van der Waals surface area contributed by atoms with E-state index in [-0.39, 0.29) is 0 Å². The van der Waals surface area contributed by atoms with Crippen LogP contribution >= 0.6 is 0 Å². The van der Waals surface area contributed by atoms with Gasteiger partial charge in [0.25, 0.3) is 0 Å². The van der Waals surface area contributed by atoms with Gasteiger partial charge in [-0.25, -0.2) is 0 Å². The van der Waals surface area contributed by atoms with Crippen molar-refractivity contribution in [2.45, 2.75) is 92.5 Å². The largest absolute Gasteiger partial charge is 0.370 e. The second kappa shape index (κ2) is 12.6. The minimum atomic E-state index is 0.420. The molecular weight excluding hydrogens is 400 g/mol. The first-order valence-electron chi connectivity index (χ1n) is 13.5. The van der Waals surface area contributed by atoms with Gasteiger partial charge < -0.3 is 10.2 Å². The normalized spacial score (nSPS) is 17.2. The monoisotopic (exact) mass is 448 g/mol. The van der Waals surface area contributed by atoms with Gasteiger partial charge in [0.05, 0.1) is 0 Å². The molecule has 1 atom stereocenters. The van der Waals surface area contributed by atoms with Crippen LogP contribution in [0.5, 0.6) is 0 Å². The zero-order valence-electron chi connectivity index (χ0n) is 22.1. The van der Waals surface area contributed by atoms with Gasteiger partial charge in [0.1, 0.15) is 0 Å². The first-order chi connectivity index (χ1) is 15.9. The van der Waals surface area contributed by atoms with Gasteiger partial charge in [-0.2, -0.15) is 0 Å². The summed E-state index contributed by atoms with van der Waals surface area (Å²) in [4.78, 5) is 2.55. The van der Waals surface area contributed by atoms with Gasteiger partial charge in [-0.05, 0) is 85.6 Å². The zero-order chi connectivity index (χ0) is 23.8. The molecule has 0 aliphatic heterocycles. The number of benzene rings is 1. The van der Waals surface area contributed by atoms with Gasteiger partial charge in [0.15, 0.2) is 0 Å². The van der Waals surface area contributed by atoms with Crippen LogP contribution in [0.3, 0.4) is 0 Å². The quantitative estimate of drug-likeness (QED) is 0.352. The molecule has 33 heavy (non-hydrogen) atoms. The maximum atomic E-state index is 4.59. The smallest absolute Gasteiger partial charge is 0.0426 e. The molecule has 3 rings (SSSR count). The van der Waals surface area contributed by atoms with E-state index in [9.17, 15) is 0 Å². The van der Waals surface area contributed by atoms with Crippen molar-refractivity contribution in [3.8, 4) is 0 Å². The summed E-state index contributed by atoms with van der Waals surface area (Å²) < 4.78 is 0. The van der Waals surface area contributed by atoms with Crippen molar-refractivity contribution in [2.75, 3.05) is 19.6 Å². The molecule has 2 heteroatoms. The van der Waals surface area contributed by atoms with Crippen LogP contribution < -0.4 is 5.32 Å². The number of nitrogens with one attached hydrogen (secondary N) is 1. The SMILES string of the molecule is C=C(C(C)CNCC1=C(CC)CCC=C1)N(Cc1cc(C)c2c(c1)CCCCC2)CC(C)C. The fourth-order valence-corrected chi connectivity index (χ4v) is 5.58. The topological polar surface area (TPSA) is 15.3 Å². The van der Waals surface area contributed by atoms with E-state index in [1.165, 1.54) is 73.8 Å². The Morgan fingerprint density at radius 1 is 1.09 bits per heavy atom. The average molecular weight is 449 g/mol. The van der Waals surface area contributed by atoms with Crippen LogP contribution in [0.25, 0.3) is 0 Å². The molecule has 2 aliphatic carbocycles. The number of aryl methyl sites for hydroxylation is 2. The van der Waals surface area contributed by atoms with E-state index in [0.717, 1.165) is 26.2 Å². The summed E-state index contributed by atoms with van der Waals surface area (Å²) in [5.74, 6) is 1.04. The average Bonchev–Trinajstić information content (AvgIpc) is 3.04. The summed E-state index contributed by atoms with van der Waals surface area (Å²) in [6.45, 7) is 20.2. The predicted molar refractivity (Wildman–Crippen MR) is 145 cm³/mol. The molecule has 1 unspecified atom stereocenters. The lowest BCUT2D eigenvalue weighted by atomic mass is 9.94. The molecule has 2 nitrogen and oxygen atoms in total. The van der Waals surface area contributed by atoms with E-state index in [0.29, 0.717) is 11.8 Å². The summed E-state index contributed by atoms with van der Waals surface area (Å²) in [5, 5.41) is 3.73. The molecule has 0 bridgehead atoms. The van der Waals surface area contributed by atoms with Gasteiger partial charge >= 0.3 is 0 Å². The third kappa shape index (κ3) is 7.34. The van der Waals surface area contributed by atoms with Crippen molar-refractivity contribution in [3.63, 3.8) is 0 Å². The van der Waals surface area contributed by atoms with Crippen molar-refractivity contribution < 1.29 is 0 Å². The first-order valence-corrected chi connectivity index (χ1v) is 13.5. The fraction of sp³-hybridized carbons (Fsp3) is 0.613. The summed E-state index contributed by atoms with van der Waals surface area (Å²) in [6, 6.07) is 4.95. The summed E-state index contributed by atoms with van der Waals surface area (Å²) in [5.41, 5.74) is 10.6. The molecule has 0 radical (unpaired) electrons. The molecule has 0 amide bonds. The van der Waals surface area contributed by atoms with Gasteiger partial charge in [-0.1, -0.05) is 70.6 Å². The van der Waals surface area contributed by atoms with Crippen LogP contribution in [0, 0.1) is 18.8 Å². The van der Waals surface area contributed by atoms with Gasteiger partial charge in [0.2, 0.25) is 0 Å². The Bertz CT molecular complexity index is 858. The van der Waals surface area contributed by atoms with E-state index in [1.54, 1.807) is 16.7 Å². The standard InChI is InChI=1S/C31H48N2/c1-7-28-13-11-12-15-30(28)20-32-19-25(5)26(6)33(21-23(2)3)22-27-17-24(4)31-16-10-8-9-14-29(31)18-27/h12,15,17-18,23,25,32H,6-11,13-14,16,19-22H2,1-5H3. The highest BCUT2D eigenvalue weighted by Gasteiger charge is 2.18. The van der Waals surface area contributed by atoms with Crippen molar-refractivity contribution in [1.29, 1.82) is 0 Å². The molecule has 182 valence electrons. The lowest BCUT2D eigenvalue weighted by molar-refractivity contribution is 0.267. The fourth-order valence-electron chi connectivity index (χ4n) is 5.58. The molecule has 1 aromatic carbocycles. The Morgan fingerprint density at radius 3 is 2.64 bits per heavy atom. The van der Waals surface area contributed by atoms with Gasteiger partial charge in [-0.3, -0.25) is 0 Å². The molecule has 0 fully saturated rings. The summed E-state index contributed by atoms with van der Waals surface area (Å²) >= 11 is 0. The highest BCUT2D eigenvalue weighted by molar-refractivity contribution is 5.40. The second-order valence-electron chi connectivity index (χ2n) is 10.8. The van der Waals surface area contributed by atoms with Crippen molar-refractivity contribution in [3.05, 3.63) is 70.0 Å². The van der Waals surface area contributed by atoms with Crippen LogP contribution in [0.4, 0.5) is 0 Å². The number of nitrogens with zero attached hydrogens (tertiary/aromatic N) is 1. The van der Waals surface area contributed by atoms with E-state index in [1.807, 2.05) is 0 Å². The Balaban J connectivity index is 1.65. The van der Waals surface area contributed by atoms with Crippen molar-refractivity contribution in [1.82, 2.24) is 10.2 Å². The molecule has 0 heterocycles. The van der Waals surface area contributed by atoms with Crippen LogP contribution in [-0.4, -0.2) is 24.5 Å². The molecule has 2 aliphatic rings. The highest BCUT2D eigenvalue weighted by Crippen LogP contribution is 2.27. The molecule has 0 aromatic heterocycles. The zero-order valence-corrected chi connectivity index (χ0v) is 22.1. The third-order valence-electron chi connectivity index (χ3n) is 7.51. The first kappa shape index (κ1) is 25.8. The van der Waals surface area contributed by atoms with Gasteiger partial charge in [-0.15, -0.1) is 0 Å². The Morgan fingerprint density at radius 2 is 1.88 bits per heavy atom. The molecule has 0 saturated carbocycles. The number of rotatable bonds is 11. The van der Waals surface area contributed by atoms with E-state index in [4.69, 9.17) is 0 Å². The summed E-state index contributed by atoms with van der Waals surface area (Å²) in [6.07, 6.45) is 14.8. The van der Waals surface area contributed by atoms with Gasteiger partial charge in [0, 0.05) is 37.8 Å². The summed E-state index contributed by atoms with van der Waals surface area (Å²) in [7, 11) is 0. The van der Waals surface area contributed by atoms with Crippen LogP contribution in [-0.2, 0) is 19.4 Å². The lowest BCUT2D eigenvalue weighted by Gasteiger charge is -2.32. The number of hydrogen-bond acceptors (Lipinski definition) is 2. The molecule has 0 saturated heterocycles. The van der Waals surface area contributed by atoms with Crippen LogP contribution in [0.2, 0.25) is 0 Å². The lowest BCUT2D eigenvalue weighted by Crippen LogP contribution is -2.33. The predicted octanol–water partition coefficient (Wildman–Crippen LogP) is 7.52. The van der Waals surface area contributed by atoms with E-state index < -0.39 is 0 Å². The van der Waals surface area contributed by atoms with E-state index >= 15 is 0 Å². The highest BCUT2D eigenvalue weighted by atomic mass is 15.1.